The zero-order valence-corrected chi connectivity index (χ0v) is 16.0. The molecule has 0 aliphatic carbocycles. The molecular formula is C21H28N2O3. The van der Waals surface area contributed by atoms with Crippen molar-refractivity contribution in [2.75, 3.05) is 26.1 Å². The zero-order chi connectivity index (χ0) is 18.9. The molecule has 0 spiro atoms. The molecule has 0 heterocycles. The van der Waals surface area contributed by atoms with Crippen molar-refractivity contribution in [2.24, 2.45) is 0 Å². The van der Waals surface area contributed by atoms with Gasteiger partial charge in [-0.1, -0.05) is 43.7 Å². The number of benzene rings is 2. The van der Waals surface area contributed by atoms with E-state index in [0.29, 0.717) is 23.8 Å². The van der Waals surface area contributed by atoms with E-state index in [1.807, 2.05) is 43.3 Å². The van der Waals surface area contributed by atoms with E-state index in [4.69, 9.17) is 9.47 Å². The van der Waals surface area contributed by atoms with Crippen LogP contribution < -0.4 is 14.8 Å². The Morgan fingerprint density at radius 2 is 1.88 bits per heavy atom. The number of nitrogens with zero attached hydrogens (tertiary/aromatic N) is 1. The third-order valence-corrected chi connectivity index (χ3v) is 4.35. The number of anilines is 1. The summed E-state index contributed by atoms with van der Waals surface area (Å²) in [7, 11) is 3.39. The summed E-state index contributed by atoms with van der Waals surface area (Å²) in [5.41, 5.74) is 1.76. The Bertz CT molecular complexity index is 704. The van der Waals surface area contributed by atoms with Crippen LogP contribution >= 0.6 is 0 Å². The molecule has 0 radical (unpaired) electrons. The summed E-state index contributed by atoms with van der Waals surface area (Å²) < 4.78 is 11.1. The summed E-state index contributed by atoms with van der Waals surface area (Å²) >= 11 is 0. The Morgan fingerprint density at radius 3 is 2.54 bits per heavy atom. The Morgan fingerprint density at radius 1 is 1.15 bits per heavy atom. The van der Waals surface area contributed by atoms with Gasteiger partial charge in [0.2, 0.25) is 0 Å². The fourth-order valence-electron chi connectivity index (χ4n) is 2.54. The predicted octanol–water partition coefficient (Wildman–Crippen LogP) is 5.10. The zero-order valence-electron chi connectivity index (χ0n) is 16.0. The van der Waals surface area contributed by atoms with Crippen molar-refractivity contribution in [1.29, 1.82) is 0 Å². The van der Waals surface area contributed by atoms with Gasteiger partial charge < -0.3 is 19.7 Å². The summed E-state index contributed by atoms with van der Waals surface area (Å²) in [5, 5.41) is 2.93. The van der Waals surface area contributed by atoms with Gasteiger partial charge in [0.15, 0.2) is 11.5 Å². The van der Waals surface area contributed by atoms with Crippen LogP contribution in [-0.4, -0.2) is 31.7 Å². The number of rotatable bonds is 8. The van der Waals surface area contributed by atoms with Crippen LogP contribution in [0.4, 0.5) is 10.5 Å². The maximum atomic E-state index is 12.6. The highest BCUT2D eigenvalue weighted by Crippen LogP contribution is 2.31. The molecule has 0 bridgehead atoms. The second-order valence-corrected chi connectivity index (χ2v) is 6.20. The van der Waals surface area contributed by atoms with Gasteiger partial charge in [-0.15, -0.1) is 0 Å². The summed E-state index contributed by atoms with van der Waals surface area (Å²) in [4.78, 5) is 14.3. The van der Waals surface area contributed by atoms with Gasteiger partial charge in [-0.3, -0.25) is 0 Å². The van der Waals surface area contributed by atoms with Crippen molar-refractivity contribution >= 4 is 11.7 Å². The maximum Gasteiger partial charge on any atom is 0.322 e. The largest absolute Gasteiger partial charge is 0.493 e. The molecule has 26 heavy (non-hydrogen) atoms. The molecule has 2 aromatic rings. The molecule has 2 rings (SSSR count). The predicted molar refractivity (Wildman–Crippen MR) is 105 cm³/mol. The van der Waals surface area contributed by atoms with Crippen molar-refractivity contribution < 1.29 is 14.3 Å². The standard InChI is InChI=1S/C21H28N2O3/c1-5-6-14-26-20-15-18(12-13-19(20)25-4)22-21(24)23(3)16(2)17-10-8-7-9-11-17/h7-13,15-16H,5-6,14H2,1-4H3,(H,22,24). The molecule has 0 aliphatic rings. The van der Waals surface area contributed by atoms with E-state index in [-0.39, 0.29) is 12.1 Å². The third kappa shape index (κ3) is 5.15. The summed E-state index contributed by atoms with van der Waals surface area (Å²) in [6, 6.07) is 15.1. The van der Waals surface area contributed by atoms with Crippen molar-refractivity contribution in [1.82, 2.24) is 4.90 Å². The second kappa shape index (κ2) is 9.70. The molecule has 2 amide bonds. The molecule has 2 aromatic carbocycles. The Labute approximate surface area is 155 Å². The van der Waals surface area contributed by atoms with Crippen molar-refractivity contribution in [3.05, 3.63) is 54.1 Å². The van der Waals surface area contributed by atoms with Crippen LogP contribution in [0.1, 0.15) is 38.3 Å². The van der Waals surface area contributed by atoms with Crippen LogP contribution in [0, 0.1) is 0 Å². The highest BCUT2D eigenvalue weighted by Gasteiger charge is 2.18. The van der Waals surface area contributed by atoms with Crippen LogP contribution in [0.3, 0.4) is 0 Å². The van der Waals surface area contributed by atoms with Crippen molar-refractivity contribution in [3.63, 3.8) is 0 Å². The number of methoxy groups -OCH3 is 1. The second-order valence-electron chi connectivity index (χ2n) is 6.20. The van der Waals surface area contributed by atoms with Crippen LogP contribution in [0.25, 0.3) is 0 Å². The number of unbranched alkanes of at least 4 members (excludes halogenated alkanes) is 1. The van der Waals surface area contributed by atoms with E-state index >= 15 is 0 Å². The first-order chi connectivity index (χ1) is 12.6. The Balaban J connectivity index is 2.06. The number of urea groups is 1. The smallest absolute Gasteiger partial charge is 0.322 e. The monoisotopic (exact) mass is 356 g/mol. The van der Waals surface area contributed by atoms with Gasteiger partial charge in [-0.25, -0.2) is 4.79 Å². The Kier molecular flexibility index (Phi) is 7.33. The van der Waals surface area contributed by atoms with E-state index in [1.165, 1.54) is 0 Å². The summed E-state index contributed by atoms with van der Waals surface area (Å²) in [5.74, 6) is 1.29. The minimum atomic E-state index is -0.175. The van der Waals surface area contributed by atoms with Crippen LogP contribution in [-0.2, 0) is 0 Å². The van der Waals surface area contributed by atoms with E-state index in [0.717, 1.165) is 18.4 Å². The Hall–Kier alpha value is -2.69. The number of carbonyl (C=O) groups is 1. The first-order valence-electron chi connectivity index (χ1n) is 8.96. The summed E-state index contributed by atoms with van der Waals surface area (Å²) in [6.07, 6.45) is 2.03. The lowest BCUT2D eigenvalue weighted by atomic mass is 10.1. The minimum absolute atomic E-state index is 0.0327. The molecule has 1 atom stereocenters. The maximum absolute atomic E-state index is 12.6. The van der Waals surface area contributed by atoms with Crippen LogP contribution in [0.2, 0.25) is 0 Å². The lowest BCUT2D eigenvalue weighted by molar-refractivity contribution is 0.208. The molecule has 0 aromatic heterocycles. The third-order valence-electron chi connectivity index (χ3n) is 4.35. The van der Waals surface area contributed by atoms with Crippen LogP contribution in [0.5, 0.6) is 11.5 Å². The van der Waals surface area contributed by atoms with Gasteiger partial charge >= 0.3 is 6.03 Å². The number of hydrogen-bond donors (Lipinski definition) is 1. The molecule has 1 N–H and O–H groups in total. The lowest BCUT2D eigenvalue weighted by Crippen LogP contribution is -2.33. The van der Waals surface area contributed by atoms with Crippen molar-refractivity contribution in [3.8, 4) is 11.5 Å². The molecule has 0 saturated heterocycles. The van der Waals surface area contributed by atoms with E-state index < -0.39 is 0 Å². The normalized spacial score (nSPS) is 11.5. The molecule has 0 aliphatic heterocycles. The first-order valence-corrected chi connectivity index (χ1v) is 8.96. The van der Waals surface area contributed by atoms with Crippen molar-refractivity contribution in [2.45, 2.75) is 32.7 Å². The fraction of sp³-hybridized carbons (Fsp3) is 0.381. The van der Waals surface area contributed by atoms with Gasteiger partial charge in [0, 0.05) is 18.8 Å². The van der Waals surface area contributed by atoms with E-state index in [2.05, 4.69) is 12.2 Å². The fourth-order valence-corrected chi connectivity index (χ4v) is 2.54. The summed E-state index contributed by atoms with van der Waals surface area (Å²) in [6.45, 7) is 4.73. The highest BCUT2D eigenvalue weighted by atomic mass is 16.5. The average molecular weight is 356 g/mol. The molecule has 5 nitrogen and oxygen atoms in total. The minimum Gasteiger partial charge on any atom is -0.493 e. The molecule has 0 saturated carbocycles. The number of carbonyl (C=O) groups excluding carboxylic acids is 1. The van der Waals surface area contributed by atoms with Gasteiger partial charge in [0.05, 0.1) is 19.8 Å². The number of ether oxygens (including phenoxy) is 2. The van der Waals surface area contributed by atoms with Gasteiger partial charge in [-0.2, -0.15) is 0 Å². The SMILES string of the molecule is CCCCOc1cc(NC(=O)N(C)C(C)c2ccccc2)ccc1OC. The van der Waals surface area contributed by atoms with Gasteiger partial charge in [-0.05, 0) is 31.0 Å². The molecule has 0 fully saturated rings. The molecular weight excluding hydrogens is 328 g/mol. The van der Waals surface area contributed by atoms with Gasteiger partial charge in [0.25, 0.3) is 0 Å². The molecule has 140 valence electrons. The molecule has 1 unspecified atom stereocenters. The van der Waals surface area contributed by atoms with E-state index in [9.17, 15) is 4.79 Å². The van der Waals surface area contributed by atoms with Gasteiger partial charge in [0.1, 0.15) is 0 Å². The average Bonchev–Trinajstić information content (AvgIpc) is 2.68. The first kappa shape index (κ1) is 19.6. The van der Waals surface area contributed by atoms with E-state index in [1.54, 1.807) is 31.2 Å². The molecule has 5 heteroatoms. The quantitative estimate of drug-likeness (QED) is 0.670. The van der Waals surface area contributed by atoms with Crippen LogP contribution in [0.15, 0.2) is 48.5 Å². The number of nitrogens with one attached hydrogen (secondary N) is 1. The number of amides is 2. The number of hydrogen-bond acceptors (Lipinski definition) is 3. The highest BCUT2D eigenvalue weighted by molar-refractivity contribution is 5.89. The lowest BCUT2D eigenvalue weighted by Gasteiger charge is -2.25. The topological polar surface area (TPSA) is 50.8 Å².